The lowest BCUT2D eigenvalue weighted by atomic mass is 9.95. The van der Waals surface area contributed by atoms with Crippen molar-refractivity contribution in [2.75, 3.05) is 13.3 Å². The minimum Gasteiger partial charge on any atom is -0.314 e. The van der Waals surface area contributed by atoms with Gasteiger partial charge in [-0.25, -0.2) is 9.97 Å². The first-order valence-electron chi connectivity index (χ1n) is 5.42. The molecule has 3 nitrogen and oxygen atoms in total. The number of thioether (sulfide) groups is 1. The molecule has 0 spiro atoms. The molecule has 0 radical (unpaired) electrons. The van der Waals surface area contributed by atoms with E-state index >= 15 is 0 Å². The van der Waals surface area contributed by atoms with Gasteiger partial charge in [-0.3, -0.25) is 0 Å². The molecule has 0 amide bonds. The zero-order valence-corrected chi connectivity index (χ0v) is 10.2. The van der Waals surface area contributed by atoms with Gasteiger partial charge in [0.25, 0.3) is 0 Å². The van der Waals surface area contributed by atoms with Crippen molar-refractivity contribution >= 4 is 11.8 Å². The van der Waals surface area contributed by atoms with E-state index < -0.39 is 0 Å². The van der Waals surface area contributed by atoms with Gasteiger partial charge in [-0.15, -0.1) is 0 Å². The van der Waals surface area contributed by atoms with Crippen molar-refractivity contribution in [3.8, 4) is 0 Å². The number of aryl methyl sites for hydroxylation is 1. The summed E-state index contributed by atoms with van der Waals surface area (Å²) in [7, 11) is 1.97. The summed E-state index contributed by atoms with van der Waals surface area (Å²) in [5.74, 6) is 0. The SMILES string of the molecule is CNCc1nc(SC)nc2c1CCCC2. The van der Waals surface area contributed by atoms with E-state index in [1.54, 1.807) is 11.8 Å². The van der Waals surface area contributed by atoms with E-state index in [1.807, 2.05) is 13.3 Å². The van der Waals surface area contributed by atoms with Gasteiger partial charge >= 0.3 is 0 Å². The Morgan fingerprint density at radius 3 is 2.80 bits per heavy atom. The van der Waals surface area contributed by atoms with Crippen LogP contribution in [0.5, 0.6) is 0 Å². The van der Waals surface area contributed by atoms with Crippen molar-refractivity contribution in [3.63, 3.8) is 0 Å². The van der Waals surface area contributed by atoms with Crippen LogP contribution in [0.1, 0.15) is 29.8 Å². The maximum absolute atomic E-state index is 4.60. The van der Waals surface area contributed by atoms with Crippen LogP contribution in [0.4, 0.5) is 0 Å². The molecule has 0 bridgehead atoms. The fourth-order valence-corrected chi connectivity index (χ4v) is 2.45. The summed E-state index contributed by atoms with van der Waals surface area (Å²) in [6.07, 6.45) is 6.87. The zero-order valence-electron chi connectivity index (χ0n) is 9.34. The Balaban J connectivity index is 2.41. The van der Waals surface area contributed by atoms with Crippen LogP contribution in [0, 0.1) is 0 Å². The summed E-state index contributed by atoms with van der Waals surface area (Å²) in [5.41, 5.74) is 3.88. The molecule has 0 fully saturated rings. The lowest BCUT2D eigenvalue weighted by Crippen LogP contribution is -2.16. The molecule has 0 saturated heterocycles. The molecule has 0 aromatic carbocycles. The minimum absolute atomic E-state index is 0.860. The third-order valence-corrected chi connectivity index (χ3v) is 3.32. The van der Waals surface area contributed by atoms with Gasteiger partial charge in [0.2, 0.25) is 0 Å². The van der Waals surface area contributed by atoms with Gasteiger partial charge in [0.15, 0.2) is 5.16 Å². The smallest absolute Gasteiger partial charge is 0.187 e. The van der Waals surface area contributed by atoms with E-state index in [-0.39, 0.29) is 0 Å². The maximum atomic E-state index is 4.60. The van der Waals surface area contributed by atoms with Gasteiger partial charge in [-0.05, 0) is 44.6 Å². The van der Waals surface area contributed by atoms with Gasteiger partial charge in [0, 0.05) is 12.2 Å². The average Bonchev–Trinajstić information content (AvgIpc) is 2.29. The Hall–Kier alpha value is -0.610. The summed E-state index contributed by atoms with van der Waals surface area (Å²) in [5, 5.41) is 4.10. The Bertz CT molecular complexity index is 352. The van der Waals surface area contributed by atoms with Crippen LogP contribution in [0.25, 0.3) is 0 Å². The van der Waals surface area contributed by atoms with Crippen LogP contribution < -0.4 is 5.32 Å². The molecule has 2 rings (SSSR count). The Kier molecular flexibility index (Phi) is 3.59. The summed E-state index contributed by atoms with van der Waals surface area (Å²) < 4.78 is 0. The van der Waals surface area contributed by atoms with Gasteiger partial charge in [0.1, 0.15) is 0 Å². The third-order valence-electron chi connectivity index (χ3n) is 2.78. The van der Waals surface area contributed by atoms with Gasteiger partial charge in [0.05, 0.1) is 5.69 Å². The van der Waals surface area contributed by atoms with Gasteiger partial charge in [-0.1, -0.05) is 11.8 Å². The van der Waals surface area contributed by atoms with Crippen molar-refractivity contribution in [2.45, 2.75) is 37.4 Å². The third kappa shape index (κ3) is 2.32. The number of nitrogens with one attached hydrogen (secondary N) is 1. The molecule has 1 aromatic heterocycles. The number of hydrogen-bond donors (Lipinski definition) is 1. The number of hydrogen-bond acceptors (Lipinski definition) is 4. The second-order valence-corrected chi connectivity index (χ2v) is 4.59. The first-order chi connectivity index (χ1) is 7.35. The molecule has 1 aliphatic rings. The predicted octanol–water partition coefficient (Wildman–Crippen LogP) is 1.80. The molecule has 1 heterocycles. The largest absolute Gasteiger partial charge is 0.314 e. The first kappa shape index (κ1) is 10.9. The molecule has 82 valence electrons. The quantitative estimate of drug-likeness (QED) is 0.626. The van der Waals surface area contributed by atoms with Crippen LogP contribution in [0.3, 0.4) is 0 Å². The fraction of sp³-hybridized carbons (Fsp3) is 0.636. The van der Waals surface area contributed by atoms with Crippen LogP contribution in [0.2, 0.25) is 0 Å². The van der Waals surface area contributed by atoms with E-state index in [0.717, 1.165) is 24.5 Å². The van der Waals surface area contributed by atoms with E-state index in [4.69, 9.17) is 0 Å². The fourth-order valence-electron chi connectivity index (χ4n) is 2.05. The highest BCUT2D eigenvalue weighted by atomic mass is 32.2. The van der Waals surface area contributed by atoms with Crippen molar-refractivity contribution in [1.82, 2.24) is 15.3 Å². The summed E-state index contributed by atoms with van der Waals surface area (Å²) >= 11 is 1.63. The molecule has 0 atom stereocenters. The lowest BCUT2D eigenvalue weighted by molar-refractivity contribution is 0.625. The second kappa shape index (κ2) is 4.94. The Morgan fingerprint density at radius 2 is 2.07 bits per heavy atom. The molecule has 1 aliphatic carbocycles. The molecular weight excluding hydrogens is 206 g/mol. The van der Waals surface area contributed by atoms with Crippen LogP contribution in [-0.2, 0) is 19.4 Å². The molecular formula is C11H17N3S. The second-order valence-electron chi connectivity index (χ2n) is 3.82. The lowest BCUT2D eigenvalue weighted by Gasteiger charge is -2.18. The van der Waals surface area contributed by atoms with E-state index in [1.165, 1.54) is 29.8 Å². The summed E-state index contributed by atoms with van der Waals surface area (Å²) in [6, 6.07) is 0. The summed E-state index contributed by atoms with van der Waals surface area (Å²) in [4.78, 5) is 9.18. The standard InChI is InChI=1S/C11H17N3S/c1-12-7-10-8-5-3-4-6-9(8)13-11(14-10)15-2/h12H,3-7H2,1-2H3. The van der Waals surface area contributed by atoms with Gasteiger partial charge < -0.3 is 5.32 Å². The predicted molar refractivity (Wildman–Crippen MR) is 63.2 cm³/mol. The number of rotatable bonds is 3. The highest BCUT2D eigenvalue weighted by Crippen LogP contribution is 2.24. The number of nitrogens with zero attached hydrogens (tertiary/aromatic N) is 2. The Labute approximate surface area is 95.1 Å². The zero-order chi connectivity index (χ0) is 10.7. The molecule has 0 unspecified atom stereocenters. The molecule has 1 N–H and O–H groups in total. The average molecular weight is 223 g/mol. The first-order valence-corrected chi connectivity index (χ1v) is 6.65. The topological polar surface area (TPSA) is 37.8 Å². The number of fused-ring (bicyclic) bond motifs is 1. The molecule has 0 aliphatic heterocycles. The Morgan fingerprint density at radius 1 is 1.27 bits per heavy atom. The molecule has 4 heteroatoms. The van der Waals surface area contributed by atoms with Crippen LogP contribution >= 0.6 is 11.8 Å². The van der Waals surface area contributed by atoms with Crippen molar-refractivity contribution < 1.29 is 0 Å². The monoisotopic (exact) mass is 223 g/mol. The maximum Gasteiger partial charge on any atom is 0.187 e. The van der Waals surface area contributed by atoms with E-state index in [9.17, 15) is 0 Å². The molecule has 1 aromatic rings. The van der Waals surface area contributed by atoms with Gasteiger partial charge in [-0.2, -0.15) is 0 Å². The van der Waals surface area contributed by atoms with Crippen molar-refractivity contribution in [1.29, 1.82) is 0 Å². The number of aromatic nitrogens is 2. The minimum atomic E-state index is 0.860. The van der Waals surface area contributed by atoms with Crippen LogP contribution in [-0.4, -0.2) is 23.3 Å². The molecule has 15 heavy (non-hydrogen) atoms. The van der Waals surface area contributed by atoms with Crippen molar-refractivity contribution in [3.05, 3.63) is 17.0 Å². The highest BCUT2D eigenvalue weighted by Gasteiger charge is 2.16. The van der Waals surface area contributed by atoms with E-state index in [2.05, 4.69) is 15.3 Å². The highest BCUT2D eigenvalue weighted by molar-refractivity contribution is 7.98. The molecule has 0 saturated carbocycles. The van der Waals surface area contributed by atoms with E-state index in [0.29, 0.717) is 0 Å². The normalized spacial score (nSPS) is 15.1. The van der Waals surface area contributed by atoms with Crippen molar-refractivity contribution in [2.24, 2.45) is 0 Å². The summed E-state index contributed by atoms with van der Waals surface area (Å²) in [6.45, 7) is 0.860. The van der Waals surface area contributed by atoms with Crippen LogP contribution in [0.15, 0.2) is 5.16 Å².